The Morgan fingerprint density at radius 1 is 1.57 bits per heavy atom. The summed E-state index contributed by atoms with van der Waals surface area (Å²) < 4.78 is 7.47. The first kappa shape index (κ1) is 9.67. The van der Waals surface area contributed by atoms with E-state index in [0.29, 0.717) is 10.9 Å². The molecule has 1 aromatic heterocycles. The van der Waals surface area contributed by atoms with Crippen molar-refractivity contribution in [3.63, 3.8) is 0 Å². The number of aromatic nitrogens is 3. The van der Waals surface area contributed by atoms with Crippen molar-refractivity contribution in [3.05, 3.63) is 15.3 Å². The molecule has 0 saturated heterocycles. The van der Waals surface area contributed by atoms with Gasteiger partial charge < -0.3 is 4.74 Å². The molecule has 1 fully saturated rings. The van der Waals surface area contributed by atoms with Gasteiger partial charge in [0.05, 0.1) is 6.10 Å². The zero-order chi connectivity index (χ0) is 10.1. The molecule has 2 N–H and O–H groups in total. The zero-order valence-electron chi connectivity index (χ0n) is 7.95. The van der Waals surface area contributed by atoms with Gasteiger partial charge in [-0.1, -0.05) is 0 Å². The number of nitrogens with one attached hydrogen (secondary N) is 2. The van der Waals surface area contributed by atoms with Gasteiger partial charge in [0.1, 0.15) is 0 Å². The fourth-order valence-corrected chi connectivity index (χ4v) is 2.05. The van der Waals surface area contributed by atoms with Crippen LogP contribution < -0.4 is 5.69 Å². The van der Waals surface area contributed by atoms with E-state index >= 15 is 0 Å². The minimum absolute atomic E-state index is 0.157. The largest absolute Gasteiger partial charge is 0.378 e. The lowest BCUT2D eigenvalue weighted by molar-refractivity contribution is -0.0208. The summed E-state index contributed by atoms with van der Waals surface area (Å²) in [6.07, 6.45) is 2.05. The van der Waals surface area contributed by atoms with Crippen LogP contribution in [0.5, 0.6) is 0 Å². The molecule has 14 heavy (non-hydrogen) atoms. The molecule has 0 aliphatic heterocycles. The van der Waals surface area contributed by atoms with Crippen LogP contribution in [0, 0.1) is 4.77 Å². The molecule has 0 aromatic carbocycles. The van der Waals surface area contributed by atoms with Crippen molar-refractivity contribution < 1.29 is 4.74 Å². The Hall–Kier alpha value is -0.880. The molecule has 0 amide bonds. The minimum atomic E-state index is -0.157. The highest BCUT2D eigenvalue weighted by atomic mass is 32.1. The molecule has 78 valence electrons. The SMILES string of the molecule is CCOC1CC(n2c(=O)[nH][nH]c2=S)C1. The molecule has 1 aromatic rings. The van der Waals surface area contributed by atoms with Crippen LogP contribution >= 0.6 is 12.2 Å². The maximum absolute atomic E-state index is 11.3. The van der Waals surface area contributed by atoms with Crippen LogP contribution in [0.15, 0.2) is 4.79 Å². The number of hydrogen-bond donors (Lipinski definition) is 2. The molecular weight excluding hydrogens is 202 g/mol. The van der Waals surface area contributed by atoms with Gasteiger partial charge >= 0.3 is 5.69 Å². The highest BCUT2D eigenvalue weighted by Crippen LogP contribution is 2.33. The molecule has 5 nitrogen and oxygen atoms in total. The van der Waals surface area contributed by atoms with Gasteiger partial charge in [-0.25, -0.2) is 9.89 Å². The second kappa shape index (κ2) is 3.70. The standard InChI is InChI=1S/C8H13N3O2S/c1-2-13-6-3-5(4-6)11-7(12)9-10-8(11)14/h5-6H,2-4H2,1H3,(H,9,12)(H,10,14). The second-order valence-electron chi connectivity index (χ2n) is 3.43. The first-order valence-electron chi connectivity index (χ1n) is 4.73. The van der Waals surface area contributed by atoms with Crippen molar-refractivity contribution in [1.82, 2.24) is 14.8 Å². The van der Waals surface area contributed by atoms with Gasteiger partial charge in [-0.15, -0.1) is 0 Å². The molecule has 2 rings (SSSR count). The van der Waals surface area contributed by atoms with Crippen molar-refractivity contribution in [3.8, 4) is 0 Å². The number of nitrogens with zero attached hydrogens (tertiary/aromatic N) is 1. The van der Waals surface area contributed by atoms with Crippen LogP contribution in [-0.4, -0.2) is 27.5 Å². The lowest BCUT2D eigenvalue weighted by atomic mass is 9.89. The molecule has 1 heterocycles. The van der Waals surface area contributed by atoms with E-state index < -0.39 is 0 Å². The van der Waals surface area contributed by atoms with Crippen molar-refractivity contribution >= 4 is 12.2 Å². The van der Waals surface area contributed by atoms with E-state index in [9.17, 15) is 4.79 Å². The number of aromatic amines is 2. The van der Waals surface area contributed by atoms with Crippen LogP contribution in [0.25, 0.3) is 0 Å². The van der Waals surface area contributed by atoms with Gasteiger partial charge in [-0.05, 0) is 32.0 Å². The Morgan fingerprint density at radius 2 is 2.29 bits per heavy atom. The summed E-state index contributed by atoms with van der Waals surface area (Å²) in [6, 6.07) is 0.203. The summed E-state index contributed by atoms with van der Waals surface area (Å²) >= 11 is 4.99. The lowest BCUT2D eigenvalue weighted by Gasteiger charge is -2.34. The molecule has 1 saturated carbocycles. The molecule has 0 bridgehead atoms. The van der Waals surface area contributed by atoms with Gasteiger partial charge in [0.25, 0.3) is 0 Å². The third-order valence-electron chi connectivity index (χ3n) is 2.55. The highest BCUT2D eigenvalue weighted by Gasteiger charge is 2.32. The zero-order valence-corrected chi connectivity index (χ0v) is 8.76. The maximum atomic E-state index is 11.3. The Bertz CT molecular complexity index is 385. The normalized spacial score (nSPS) is 26.1. The van der Waals surface area contributed by atoms with E-state index in [-0.39, 0.29) is 11.7 Å². The van der Waals surface area contributed by atoms with Crippen LogP contribution in [0.2, 0.25) is 0 Å². The predicted octanol–water partition coefficient (Wildman–Crippen LogP) is 0.974. The first-order chi connectivity index (χ1) is 6.72. The van der Waals surface area contributed by atoms with E-state index in [1.807, 2.05) is 6.92 Å². The summed E-state index contributed by atoms with van der Waals surface area (Å²) in [5.74, 6) is 0. The molecule has 0 unspecified atom stereocenters. The van der Waals surface area contributed by atoms with Gasteiger partial charge in [0.15, 0.2) is 4.77 Å². The smallest absolute Gasteiger partial charge is 0.342 e. The molecule has 1 aliphatic rings. The van der Waals surface area contributed by atoms with Crippen molar-refractivity contribution in [2.45, 2.75) is 31.9 Å². The average molecular weight is 215 g/mol. The van der Waals surface area contributed by atoms with Crippen molar-refractivity contribution in [1.29, 1.82) is 0 Å². The van der Waals surface area contributed by atoms with Gasteiger partial charge in [0.2, 0.25) is 0 Å². The molecule has 6 heteroatoms. The summed E-state index contributed by atoms with van der Waals surface area (Å²) in [5, 5.41) is 5.10. The van der Waals surface area contributed by atoms with Crippen LogP contribution in [-0.2, 0) is 4.74 Å². The molecular formula is C8H13N3O2S. The molecule has 0 atom stereocenters. The Balaban J connectivity index is 2.07. The average Bonchev–Trinajstić information content (AvgIpc) is 2.40. The second-order valence-corrected chi connectivity index (χ2v) is 3.82. The highest BCUT2D eigenvalue weighted by molar-refractivity contribution is 7.71. The van der Waals surface area contributed by atoms with Crippen molar-refractivity contribution in [2.24, 2.45) is 0 Å². The van der Waals surface area contributed by atoms with Crippen LogP contribution in [0.1, 0.15) is 25.8 Å². The number of ether oxygens (including phenoxy) is 1. The topological polar surface area (TPSA) is 62.8 Å². The predicted molar refractivity (Wildman–Crippen MR) is 53.9 cm³/mol. The van der Waals surface area contributed by atoms with E-state index in [1.54, 1.807) is 4.57 Å². The Morgan fingerprint density at radius 3 is 2.79 bits per heavy atom. The Kier molecular flexibility index (Phi) is 2.56. The maximum Gasteiger partial charge on any atom is 0.342 e. The quantitative estimate of drug-likeness (QED) is 0.739. The summed E-state index contributed by atoms with van der Waals surface area (Å²) in [5.41, 5.74) is -0.157. The fourth-order valence-electron chi connectivity index (χ4n) is 1.77. The monoisotopic (exact) mass is 215 g/mol. The number of H-pyrrole nitrogens is 2. The summed E-state index contributed by atoms with van der Waals surface area (Å²) in [6.45, 7) is 2.70. The molecule has 1 aliphatic carbocycles. The van der Waals surface area contributed by atoms with E-state index in [4.69, 9.17) is 17.0 Å². The first-order valence-corrected chi connectivity index (χ1v) is 5.14. The van der Waals surface area contributed by atoms with Crippen LogP contribution in [0.4, 0.5) is 0 Å². The lowest BCUT2D eigenvalue weighted by Crippen LogP contribution is -2.37. The number of hydrogen-bond acceptors (Lipinski definition) is 3. The number of rotatable bonds is 3. The third-order valence-corrected chi connectivity index (χ3v) is 2.85. The van der Waals surface area contributed by atoms with Gasteiger partial charge in [-0.3, -0.25) is 9.67 Å². The van der Waals surface area contributed by atoms with Gasteiger partial charge in [-0.2, -0.15) is 0 Å². The molecule has 0 radical (unpaired) electrons. The summed E-state index contributed by atoms with van der Waals surface area (Å²) in [4.78, 5) is 11.3. The van der Waals surface area contributed by atoms with Crippen LogP contribution in [0.3, 0.4) is 0 Å². The van der Waals surface area contributed by atoms with E-state index in [2.05, 4.69) is 10.2 Å². The third kappa shape index (κ3) is 1.55. The summed E-state index contributed by atoms with van der Waals surface area (Å²) in [7, 11) is 0. The Labute approximate surface area is 86.1 Å². The fraction of sp³-hybridized carbons (Fsp3) is 0.750. The van der Waals surface area contributed by atoms with Crippen molar-refractivity contribution in [2.75, 3.05) is 6.61 Å². The van der Waals surface area contributed by atoms with Gasteiger partial charge in [0, 0.05) is 12.6 Å². The van der Waals surface area contributed by atoms with E-state index in [0.717, 1.165) is 19.4 Å². The molecule has 0 spiro atoms. The van der Waals surface area contributed by atoms with E-state index in [1.165, 1.54) is 0 Å². The minimum Gasteiger partial charge on any atom is -0.378 e.